The van der Waals surface area contributed by atoms with E-state index in [1.54, 1.807) is 19.3 Å². The molecule has 2 unspecified atom stereocenters. The number of pyridine rings is 1. The summed E-state index contributed by atoms with van der Waals surface area (Å²) in [6.07, 6.45) is 2.85. The summed E-state index contributed by atoms with van der Waals surface area (Å²) in [4.78, 5) is 16.8. The Morgan fingerprint density at radius 1 is 0.962 bits per heavy atom. The Hall–Kier alpha value is -3.14. The maximum atomic E-state index is 12.7. The van der Waals surface area contributed by atoms with Crippen LogP contribution >= 0.6 is 0 Å². The molecule has 1 N–H and O–H groups in total. The van der Waals surface area contributed by atoms with E-state index in [1.165, 1.54) is 0 Å². The third-order valence-electron chi connectivity index (χ3n) is 4.13. The molecule has 0 radical (unpaired) electrons. The number of hydrogen-bond acceptors (Lipinski definition) is 3. The summed E-state index contributed by atoms with van der Waals surface area (Å²) >= 11 is 0. The molecule has 1 aromatic heterocycles. The van der Waals surface area contributed by atoms with Crippen molar-refractivity contribution >= 4 is 5.91 Å². The molecule has 3 rings (SSSR count). The fourth-order valence-electron chi connectivity index (χ4n) is 2.77. The van der Waals surface area contributed by atoms with Crippen LogP contribution in [0.5, 0.6) is 5.75 Å². The quantitative estimate of drug-likeness (QED) is 0.732. The molecule has 2 atom stereocenters. The first-order chi connectivity index (χ1) is 12.6. The molecule has 4 heteroatoms. The molecule has 0 spiro atoms. The van der Waals surface area contributed by atoms with Crippen LogP contribution < -0.4 is 10.1 Å². The van der Waals surface area contributed by atoms with Crippen LogP contribution in [0, 0.1) is 6.92 Å². The summed E-state index contributed by atoms with van der Waals surface area (Å²) in [5.41, 5.74) is 3.08. The van der Waals surface area contributed by atoms with Gasteiger partial charge < -0.3 is 10.1 Å². The molecule has 4 nitrogen and oxygen atoms in total. The van der Waals surface area contributed by atoms with Gasteiger partial charge in [-0.2, -0.15) is 0 Å². The van der Waals surface area contributed by atoms with Crippen molar-refractivity contribution in [3.05, 3.63) is 95.8 Å². The summed E-state index contributed by atoms with van der Waals surface area (Å²) in [5.74, 6) is 0.519. The molecule has 132 valence electrons. The molecule has 0 saturated heterocycles. The average molecular weight is 346 g/mol. The van der Waals surface area contributed by atoms with Gasteiger partial charge in [-0.1, -0.05) is 42.5 Å². The highest BCUT2D eigenvalue weighted by atomic mass is 16.5. The van der Waals surface area contributed by atoms with E-state index in [0.717, 1.165) is 16.7 Å². The molecule has 3 aromatic rings. The van der Waals surface area contributed by atoms with E-state index in [-0.39, 0.29) is 11.9 Å². The van der Waals surface area contributed by atoms with Crippen molar-refractivity contribution in [1.29, 1.82) is 0 Å². The van der Waals surface area contributed by atoms with Crippen molar-refractivity contribution in [3.8, 4) is 5.75 Å². The number of ether oxygens (including phenoxy) is 1. The second kappa shape index (κ2) is 8.30. The molecular weight excluding hydrogens is 324 g/mol. The maximum absolute atomic E-state index is 12.7. The van der Waals surface area contributed by atoms with Crippen LogP contribution in [0.3, 0.4) is 0 Å². The van der Waals surface area contributed by atoms with Crippen LogP contribution in [0.1, 0.15) is 29.7 Å². The summed E-state index contributed by atoms with van der Waals surface area (Å²) in [7, 11) is 0. The minimum Gasteiger partial charge on any atom is -0.481 e. The first-order valence-electron chi connectivity index (χ1n) is 8.62. The average Bonchev–Trinajstić information content (AvgIpc) is 2.67. The van der Waals surface area contributed by atoms with Crippen LogP contribution in [-0.4, -0.2) is 17.0 Å². The Bertz CT molecular complexity index is 811. The standard InChI is InChI=1S/C22H22N2O2/c1-16-7-6-10-20(15-16)26-17(2)22(25)24-21(18-8-4-3-5-9-18)19-11-13-23-14-12-19/h3-15,17,21H,1-2H3,(H,24,25). The van der Waals surface area contributed by atoms with Gasteiger partial charge in [0.05, 0.1) is 6.04 Å². The fourth-order valence-corrected chi connectivity index (χ4v) is 2.77. The molecule has 0 aliphatic rings. The highest BCUT2D eigenvalue weighted by molar-refractivity contribution is 5.81. The highest BCUT2D eigenvalue weighted by Crippen LogP contribution is 2.22. The van der Waals surface area contributed by atoms with Crippen LogP contribution in [0.4, 0.5) is 0 Å². The van der Waals surface area contributed by atoms with Crippen LogP contribution in [0.2, 0.25) is 0 Å². The predicted octanol–water partition coefficient (Wildman–Crippen LogP) is 4.06. The third-order valence-corrected chi connectivity index (χ3v) is 4.13. The van der Waals surface area contributed by atoms with Gasteiger partial charge in [-0.15, -0.1) is 0 Å². The molecule has 1 heterocycles. The lowest BCUT2D eigenvalue weighted by Crippen LogP contribution is -2.39. The number of benzene rings is 2. The normalized spacial score (nSPS) is 12.8. The van der Waals surface area contributed by atoms with Crippen molar-refractivity contribution < 1.29 is 9.53 Å². The number of aromatic nitrogens is 1. The van der Waals surface area contributed by atoms with Gasteiger partial charge in [0.25, 0.3) is 5.91 Å². The van der Waals surface area contributed by atoms with Gasteiger partial charge in [0.15, 0.2) is 6.10 Å². The van der Waals surface area contributed by atoms with Crippen LogP contribution in [0.15, 0.2) is 79.1 Å². The smallest absolute Gasteiger partial charge is 0.261 e. The van der Waals surface area contributed by atoms with Crippen molar-refractivity contribution in [3.63, 3.8) is 0 Å². The Balaban J connectivity index is 1.77. The number of amides is 1. The number of hydrogen-bond donors (Lipinski definition) is 1. The number of rotatable bonds is 6. The molecule has 0 fully saturated rings. The zero-order valence-electron chi connectivity index (χ0n) is 14.9. The molecule has 0 aliphatic heterocycles. The number of aryl methyl sites for hydroxylation is 1. The number of carbonyl (C=O) groups excluding carboxylic acids is 1. The third kappa shape index (κ3) is 4.48. The Morgan fingerprint density at radius 2 is 1.65 bits per heavy atom. The van der Waals surface area contributed by atoms with Crippen molar-refractivity contribution in [2.24, 2.45) is 0 Å². The van der Waals surface area contributed by atoms with Crippen LogP contribution in [-0.2, 0) is 4.79 Å². The predicted molar refractivity (Wildman–Crippen MR) is 102 cm³/mol. The minimum atomic E-state index is -0.607. The molecular formula is C22H22N2O2. The molecule has 26 heavy (non-hydrogen) atoms. The number of nitrogens with one attached hydrogen (secondary N) is 1. The lowest BCUT2D eigenvalue weighted by Gasteiger charge is -2.22. The van der Waals surface area contributed by atoms with Gasteiger partial charge in [0, 0.05) is 12.4 Å². The number of nitrogens with zero attached hydrogens (tertiary/aromatic N) is 1. The number of carbonyl (C=O) groups is 1. The Kier molecular flexibility index (Phi) is 5.64. The SMILES string of the molecule is Cc1cccc(OC(C)C(=O)NC(c2ccccc2)c2ccncc2)c1. The summed E-state index contributed by atoms with van der Waals surface area (Å²) in [6, 6.07) is 21.1. The molecule has 0 saturated carbocycles. The Labute approximate surface area is 153 Å². The van der Waals surface area contributed by atoms with E-state index < -0.39 is 6.10 Å². The lowest BCUT2D eigenvalue weighted by atomic mass is 9.99. The van der Waals surface area contributed by atoms with Gasteiger partial charge >= 0.3 is 0 Å². The van der Waals surface area contributed by atoms with E-state index in [1.807, 2.05) is 73.7 Å². The second-order valence-electron chi connectivity index (χ2n) is 6.21. The van der Waals surface area contributed by atoms with Crippen LogP contribution in [0.25, 0.3) is 0 Å². The Morgan fingerprint density at radius 3 is 2.35 bits per heavy atom. The fraction of sp³-hybridized carbons (Fsp3) is 0.182. The van der Waals surface area contributed by atoms with E-state index in [0.29, 0.717) is 5.75 Å². The minimum absolute atomic E-state index is 0.169. The van der Waals surface area contributed by atoms with Gasteiger partial charge in [0.2, 0.25) is 0 Å². The second-order valence-corrected chi connectivity index (χ2v) is 6.21. The largest absolute Gasteiger partial charge is 0.481 e. The molecule has 2 aromatic carbocycles. The summed E-state index contributed by atoms with van der Waals surface area (Å²) in [6.45, 7) is 3.75. The van der Waals surface area contributed by atoms with Crippen molar-refractivity contribution in [2.75, 3.05) is 0 Å². The zero-order valence-corrected chi connectivity index (χ0v) is 14.9. The van der Waals surface area contributed by atoms with Crippen molar-refractivity contribution in [2.45, 2.75) is 26.0 Å². The van der Waals surface area contributed by atoms with E-state index >= 15 is 0 Å². The summed E-state index contributed by atoms with van der Waals surface area (Å²) in [5, 5.41) is 3.09. The van der Waals surface area contributed by atoms with E-state index in [2.05, 4.69) is 10.3 Å². The van der Waals surface area contributed by atoms with Gasteiger partial charge in [0.1, 0.15) is 5.75 Å². The molecule has 1 amide bonds. The first-order valence-corrected chi connectivity index (χ1v) is 8.62. The van der Waals surface area contributed by atoms with Gasteiger partial charge in [-0.25, -0.2) is 0 Å². The monoisotopic (exact) mass is 346 g/mol. The van der Waals surface area contributed by atoms with Crippen molar-refractivity contribution in [1.82, 2.24) is 10.3 Å². The topological polar surface area (TPSA) is 51.2 Å². The first kappa shape index (κ1) is 17.7. The molecule has 0 aliphatic carbocycles. The summed E-state index contributed by atoms with van der Waals surface area (Å²) < 4.78 is 5.81. The van der Waals surface area contributed by atoms with E-state index in [9.17, 15) is 4.79 Å². The zero-order chi connectivity index (χ0) is 18.4. The van der Waals surface area contributed by atoms with E-state index in [4.69, 9.17) is 4.74 Å². The highest BCUT2D eigenvalue weighted by Gasteiger charge is 2.21. The van der Waals surface area contributed by atoms with Gasteiger partial charge in [-0.05, 0) is 54.8 Å². The van der Waals surface area contributed by atoms with Gasteiger partial charge in [-0.3, -0.25) is 9.78 Å². The maximum Gasteiger partial charge on any atom is 0.261 e. The molecule has 0 bridgehead atoms. The lowest BCUT2D eigenvalue weighted by molar-refractivity contribution is -0.127.